The Balaban J connectivity index is 1.41. The van der Waals surface area contributed by atoms with E-state index in [1.54, 1.807) is 31.2 Å². The Morgan fingerprint density at radius 2 is 2.00 bits per heavy atom. The lowest BCUT2D eigenvalue weighted by molar-refractivity contribution is -0.127. The highest BCUT2D eigenvalue weighted by atomic mass is 35.5. The summed E-state index contributed by atoms with van der Waals surface area (Å²) < 4.78 is 5.64. The Morgan fingerprint density at radius 3 is 2.81 bits per heavy atom. The lowest BCUT2D eigenvalue weighted by Gasteiger charge is -2.31. The molecule has 26 heavy (non-hydrogen) atoms. The first kappa shape index (κ1) is 18.6. The van der Waals surface area contributed by atoms with Gasteiger partial charge in [-0.05, 0) is 62.1 Å². The zero-order chi connectivity index (χ0) is 18.4. The van der Waals surface area contributed by atoms with Crippen molar-refractivity contribution in [2.75, 3.05) is 24.5 Å². The predicted octanol–water partition coefficient (Wildman–Crippen LogP) is 4.07. The van der Waals surface area contributed by atoms with Gasteiger partial charge in [-0.15, -0.1) is 0 Å². The fourth-order valence-electron chi connectivity index (χ4n) is 3.24. The molecular weight excluding hydrogens is 348 g/mol. The first-order chi connectivity index (χ1) is 12.6. The SMILES string of the molecule is CC(Oc1ccc(Cl)cc1)C(=O)NCCCN1CCCc2ccccc21. The molecule has 0 saturated heterocycles. The van der Waals surface area contributed by atoms with Crippen LogP contribution in [0.2, 0.25) is 5.02 Å². The molecule has 3 rings (SSSR count). The van der Waals surface area contributed by atoms with E-state index in [4.69, 9.17) is 16.3 Å². The maximum Gasteiger partial charge on any atom is 0.260 e. The van der Waals surface area contributed by atoms with Crippen molar-refractivity contribution in [2.45, 2.75) is 32.3 Å². The molecule has 1 amide bonds. The monoisotopic (exact) mass is 372 g/mol. The lowest BCUT2D eigenvalue weighted by atomic mass is 10.0. The third kappa shape index (κ3) is 4.92. The average molecular weight is 373 g/mol. The highest BCUT2D eigenvalue weighted by Gasteiger charge is 2.17. The summed E-state index contributed by atoms with van der Waals surface area (Å²) in [7, 11) is 0. The Bertz CT molecular complexity index is 733. The van der Waals surface area contributed by atoms with Gasteiger partial charge >= 0.3 is 0 Å². The van der Waals surface area contributed by atoms with Gasteiger partial charge < -0.3 is 15.0 Å². The van der Waals surface area contributed by atoms with Crippen molar-refractivity contribution in [3.05, 3.63) is 59.1 Å². The number of aryl methyl sites for hydroxylation is 1. The number of carbonyl (C=O) groups excluding carboxylic acids is 1. The standard InChI is InChI=1S/C21H25ClN2O2/c1-16(26-19-11-9-18(22)10-12-19)21(25)23-13-5-15-24-14-4-7-17-6-2-3-8-20(17)24/h2-3,6,8-12,16H,4-5,7,13-15H2,1H3,(H,23,25). The van der Waals surface area contributed by atoms with Crippen LogP contribution in [0.5, 0.6) is 5.75 Å². The summed E-state index contributed by atoms with van der Waals surface area (Å²) in [6.45, 7) is 4.43. The van der Waals surface area contributed by atoms with Gasteiger partial charge in [-0.25, -0.2) is 0 Å². The van der Waals surface area contributed by atoms with Crippen LogP contribution in [0.3, 0.4) is 0 Å². The van der Waals surface area contributed by atoms with Crippen LogP contribution in [0.15, 0.2) is 48.5 Å². The minimum atomic E-state index is -0.535. The second-order valence-corrected chi connectivity index (χ2v) is 7.01. The molecule has 1 aliphatic rings. The van der Waals surface area contributed by atoms with E-state index in [2.05, 4.69) is 34.5 Å². The third-order valence-corrected chi connectivity index (χ3v) is 4.86. The number of para-hydroxylation sites is 1. The van der Waals surface area contributed by atoms with E-state index < -0.39 is 6.10 Å². The number of fused-ring (bicyclic) bond motifs is 1. The minimum Gasteiger partial charge on any atom is -0.481 e. The molecule has 4 nitrogen and oxygen atoms in total. The molecular formula is C21H25ClN2O2. The van der Waals surface area contributed by atoms with Gasteiger partial charge in [-0.2, -0.15) is 0 Å². The van der Waals surface area contributed by atoms with Crippen molar-refractivity contribution in [1.29, 1.82) is 0 Å². The van der Waals surface area contributed by atoms with E-state index in [1.165, 1.54) is 17.7 Å². The van der Waals surface area contributed by atoms with E-state index in [1.807, 2.05) is 0 Å². The van der Waals surface area contributed by atoms with Crippen LogP contribution in [-0.2, 0) is 11.2 Å². The summed E-state index contributed by atoms with van der Waals surface area (Å²) in [6, 6.07) is 15.6. The summed E-state index contributed by atoms with van der Waals surface area (Å²) in [6.07, 6.45) is 2.72. The fourth-order valence-corrected chi connectivity index (χ4v) is 3.37. The third-order valence-electron chi connectivity index (χ3n) is 4.61. The van der Waals surface area contributed by atoms with Crippen molar-refractivity contribution in [3.8, 4) is 5.75 Å². The molecule has 1 heterocycles. The Morgan fingerprint density at radius 1 is 1.23 bits per heavy atom. The molecule has 0 fully saturated rings. The number of anilines is 1. The predicted molar refractivity (Wildman–Crippen MR) is 106 cm³/mol. The summed E-state index contributed by atoms with van der Waals surface area (Å²) in [5.74, 6) is 0.543. The minimum absolute atomic E-state index is 0.0982. The van der Waals surface area contributed by atoms with Crippen LogP contribution in [-0.4, -0.2) is 31.6 Å². The molecule has 0 spiro atoms. The number of nitrogens with zero attached hydrogens (tertiary/aromatic N) is 1. The molecule has 0 radical (unpaired) electrons. The first-order valence-electron chi connectivity index (χ1n) is 9.16. The van der Waals surface area contributed by atoms with Gasteiger partial charge in [0.05, 0.1) is 0 Å². The van der Waals surface area contributed by atoms with Crippen LogP contribution >= 0.6 is 11.6 Å². The smallest absolute Gasteiger partial charge is 0.260 e. The lowest BCUT2D eigenvalue weighted by Crippen LogP contribution is -2.38. The molecule has 0 aliphatic carbocycles. The quantitative estimate of drug-likeness (QED) is 0.745. The van der Waals surface area contributed by atoms with E-state index in [-0.39, 0.29) is 5.91 Å². The molecule has 0 bridgehead atoms. The van der Waals surface area contributed by atoms with Crippen molar-refractivity contribution < 1.29 is 9.53 Å². The van der Waals surface area contributed by atoms with Crippen LogP contribution < -0.4 is 15.0 Å². The second kappa shape index (κ2) is 8.95. The van der Waals surface area contributed by atoms with Crippen molar-refractivity contribution in [1.82, 2.24) is 5.32 Å². The number of hydrogen-bond donors (Lipinski definition) is 1. The molecule has 0 aromatic heterocycles. The summed E-state index contributed by atoms with van der Waals surface area (Å²) in [5, 5.41) is 3.61. The molecule has 0 saturated carbocycles. The molecule has 1 N–H and O–H groups in total. The molecule has 1 atom stereocenters. The van der Waals surface area contributed by atoms with Gasteiger partial charge in [0, 0.05) is 30.3 Å². The number of rotatable bonds is 7. The number of nitrogens with one attached hydrogen (secondary N) is 1. The zero-order valence-electron chi connectivity index (χ0n) is 15.1. The Labute approximate surface area is 160 Å². The topological polar surface area (TPSA) is 41.6 Å². The van der Waals surface area contributed by atoms with Crippen LogP contribution in [0.25, 0.3) is 0 Å². The number of ether oxygens (including phenoxy) is 1. The van der Waals surface area contributed by atoms with Crippen LogP contribution in [0.4, 0.5) is 5.69 Å². The van der Waals surface area contributed by atoms with Crippen molar-refractivity contribution in [3.63, 3.8) is 0 Å². The molecule has 138 valence electrons. The second-order valence-electron chi connectivity index (χ2n) is 6.58. The van der Waals surface area contributed by atoms with E-state index >= 15 is 0 Å². The molecule has 1 aliphatic heterocycles. The van der Waals surface area contributed by atoms with Crippen molar-refractivity contribution >= 4 is 23.2 Å². The van der Waals surface area contributed by atoms with Gasteiger partial charge in [-0.1, -0.05) is 29.8 Å². The van der Waals surface area contributed by atoms with Gasteiger partial charge in [-0.3, -0.25) is 4.79 Å². The highest BCUT2D eigenvalue weighted by molar-refractivity contribution is 6.30. The van der Waals surface area contributed by atoms with E-state index in [0.29, 0.717) is 17.3 Å². The maximum atomic E-state index is 12.2. The molecule has 2 aromatic rings. The Kier molecular flexibility index (Phi) is 6.40. The number of hydrogen-bond acceptors (Lipinski definition) is 3. The molecule has 1 unspecified atom stereocenters. The highest BCUT2D eigenvalue weighted by Crippen LogP contribution is 2.26. The summed E-state index contributed by atoms with van der Waals surface area (Å²) in [5.41, 5.74) is 2.76. The van der Waals surface area contributed by atoms with E-state index in [9.17, 15) is 4.79 Å². The van der Waals surface area contributed by atoms with Gasteiger partial charge in [0.15, 0.2) is 6.10 Å². The number of amides is 1. The number of halogens is 1. The van der Waals surface area contributed by atoms with Crippen LogP contribution in [0.1, 0.15) is 25.3 Å². The van der Waals surface area contributed by atoms with E-state index in [0.717, 1.165) is 25.9 Å². The van der Waals surface area contributed by atoms with Gasteiger partial charge in [0.25, 0.3) is 5.91 Å². The summed E-state index contributed by atoms with van der Waals surface area (Å²) in [4.78, 5) is 14.6. The maximum absolute atomic E-state index is 12.2. The Hall–Kier alpha value is -2.20. The number of carbonyl (C=O) groups is 1. The molecule has 2 aromatic carbocycles. The van der Waals surface area contributed by atoms with Crippen LogP contribution in [0, 0.1) is 0 Å². The first-order valence-corrected chi connectivity index (χ1v) is 9.54. The fraction of sp³-hybridized carbons (Fsp3) is 0.381. The normalized spacial score (nSPS) is 14.5. The summed E-state index contributed by atoms with van der Waals surface area (Å²) >= 11 is 5.85. The zero-order valence-corrected chi connectivity index (χ0v) is 15.8. The van der Waals surface area contributed by atoms with Gasteiger partial charge in [0.1, 0.15) is 5.75 Å². The molecule has 5 heteroatoms. The largest absolute Gasteiger partial charge is 0.481 e. The van der Waals surface area contributed by atoms with Gasteiger partial charge in [0.2, 0.25) is 0 Å². The number of benzene rings is 2. The van der Waals surface area contributed by atoms with Crippen molar-refractivity contribution in [2.24, 2.45) is 0 Å². The average Bonchev–Trinajstić information content (AvgIpc) is 2.67.